The third-order valence-electron chi connectivity index (χ3n) is 12.6. The number of aromatic nitrogens is 3. The first kappa shape index (κ1) is 60.0. The smallest absolute Gasteiger partial charge is 0.425 e. The Kier molecular flexibility index (Phi) is 23.2. The zero-order valence-corrected chi connectivity index (χ0v) is 44.9. The Balaban J connectivity index is 0.00000278. The van der Waals surface area contributed by atoms with E-state index >= 15 is 0 Å². The first-order chi connectivity index (χ1) is 34.5. The molecule has 24 heteroatoms. The van der Waals surface area contributed by atoms with Crippen molar-refractivity contribution in [2.75, 3.05) is 54.0 Å². The van der Waals surface area contributed by atoms with Gasteiger partial charge in [-0.3, -0.25) is 18.7 Å². The van der Waals surface area contributed by atoms with E-state index < -0.39 is 48.0 Å². The maximum Gasteiger partial charge on any atom is 0.425 e. The maximum absolute atomic E-state index is 12.8. The Hall–Kier alpha value is -5.59. The van der Waals surface area contributed by atoms with Crippen LogP contribution in [0.25, 0.3) is 0 Å². The van der Waals surface area contributed by atoms with Crippen molar-refractivity contribution in [3.8, 4) is 0 Å². The second-order valence-electron chi connectivity index (χ2n) is 18.4. The SMILES string of the molecule is CCCCN1C(=CC=CC=CC2=[N+](CCCS(=O)(=O)O)c3ccc(S(=O)(=O)O)cc3C2(C)C)C(C)(CCCCCC(=O)NCCCNc2nc(Cl)nc(NCCCCCC(=O)O)n2)c2ccccc21.O=S(=O)=O. The summed E-state index contributed by atoms with van der Waals surface area (Å²) in [4.78, 5) is 38.2. The molecular formula is C49H68ClN8O12S3+. The summed E-state index contributed by atoms with van der Waals surface area (Å²) in [5.41, 5.74) is 4.83. The molecule has 0 spiro atoms. The minimum Gasteiger partial charge on any atom is -0.481 e. The van der Waals surface area contributed by atoms with E-state index in [1.165, 1.54) is 29.1 Å². The minimum absolute atomic E-state index is 0.00195. The lowest BCUT2D eigenvalue weighted by Crippen LogP contribution is -2.29. The summed E-state index contributed by atoms with van der Waals surface area (Å²) in [7, 11) is -11.8. The number of benzene rings is 2. The number of carbonyl (C=O) groups excluding carboxylic acids is 1. The van der Waals surface area contributed by atoms with Gasteiger partial charge in [0.15, 0.2) is 5.71 Å². The molecule has 400 valence electrons. The molecule has 2 aliphatic rings. The van der Waals surface area contributed by atoms with Crippen LogP contribution in [0.4, 0.5) is 23.3 Å². The van der Waals surface area contributed by atoms with Gasteiger partial charge in [0.25, 0.3) is 20.2 Å². The summed E-state index contributed by atoms with van der Waals surface area (Å²) in [5, 5.41) is 18.1. The van der Waals surface area contributed by atoms with Gasteiger partial charge in [-0.25, -0.2) is 0 Å². The molecule has 1 unspecified atom stereocenters. The van der Waals surface area contributed by atoms with Crippen LogP contribution in [0.5, 0.6) is 0 Å². The van der Waals surface area contributed by atoms with Crippen LogP contribution in [0, 0.1) is 0 Å². The largest absolute Gasteiger partial charge is 0.481 e. The van der Waals surface area contributed by atoms with Gasteiger partial charge in [-0.15, -0.1) is 12.6 Å². The molecule has 0 fully saturated rings. The normalized spacial score (nSPS) is 16.6. The first-order valence-corrected chi connectivity index (χ1v) is 28.7. The third-order valence-corrected chi connectivity index (χ3v) is 14.4. The Morgan fingerprint density at radius 2 is 1.45 bits per heavy atom. The number of rotatable bonds is 29. The van der Waals surface area contributed by atoms with Crippen molar-refractivity contribution in [2.45, 2.75) is 127 Å². The zero-order valence-electron chi connectivity index (χ0n) is 41.7. The zero-order chi connectivity index (χ0) is 53.8. The van der Waals surface area contributed by atoms with Crippen molar-refractivity contribution in [1.82, 2.24) is 20.3 Å². The molecule has 20 nitrogen and oxygen atoms in total. The third kappa shape index (κ3) is 18.7. The number of para-hydroxylation sites is 1. The molecule has 3 heterocycles. The number of carboxylic acids is 1. The minimum atomic E-state index is -4.46. The quantitative estimate of drug-likeness (QED) is 0.0169. The predicted octanol–water partition coefficient (Wildman–Crippen LogP) is 7.62. The van der Waals surface area contributed by atoms with Gasteiger partial charge < -0.3 is 26.0 Å². The van der Waals surface area contributed by atoms with Crippen LogP contribution in [-0.2, 0) is 51.3 Å². The molecule has 3 aromatic rings. The van der Waals surface area contributed by atoms with E-state index in [0.29, 0.717) is 62.0 Å². The maximum atomic E-state index is 12.8. The fourth-order valence-electron chi connectivity index (χ4n) is 8.99. The average molecular weight is 1090 g/mol. The fourth-order valence-corrected chi connectivity index (χ4v) is 10.1. The molecule has 2 aromatic carbocycles. The van der Waals surface area contributed by atoms with E-state index in [4.69, 9.17) is 29.3 Å². The summed E-state index contributed by atoms with van der Waals surface area (Å²) in [6.07, 6.45) is 19.0. The predicted molar refractivity (Wildman–Crippen MR) is 281 cm³/mol. The average Bonchev–Trinajstić information content (AvgIpc) is 3.66. The molecule has 0 radical (unpaired) electrons. The number of halogens is 1. The van der Waals surface area contributed by atoms with Gasteiger partial charge in [-0.2, -0.15) is 36.4 Å². The number of carboxylic acid groups (broad SMARTS) is 1. The highest BCUT2D eigenvalue weighted by atomic mass is 35.5. The van der Waals surface area contributed by atoms with Crippen molar-refractivity contribution < 1.29 is 57.8 Å². The fraction of sp³-hybridized carbons (Fsp3) is 0.510. The monoisotopic (exact) mass is 1090 g/mol. The van der Waals surface area contributed by atoms with Crippen LogP contribution in [0.1, 0.15) is 122 Å². The van der Waals surface area contributed by atoms with Crippen molar-refractivity contribution in [2.24, 2.45) is 0 Å². The number of aliphatic carboxylic acids is 1. The van der Waals surface area contributed by atoms with Crippen molar-refractivity contribution in [3.63, 3.8) is 0 Å². The van der Waals surface area contributed by atoms with Crippen LogP contribution in [0.3, 0.4) is 0 Å². The second kappa shape index (κ2) is 28.2. The van der Waals surface area contributed by atoms with Gasteiger partial charge in [0.2, 0.25) is 28.8 Å². The molecule has 0 saturated heterocycles. The van der Waals surface area contributed by atoms with E-state index in [-0.39, 0.29) is 40.9 Å². The van der Waals surface area contributed by atoms with Crippen LogP contribution < -0.4 is 20.9 Å². The number of hydrogen-bond donors (Lipinski definition) is 6. The number of unbranched alkanes of at least 4 members (excludes halogenated alkanes) is 5. The van der Waals surface area contributed by atoms with Crippen LogP contribution >= 0.6 is 11.6 Å². The molecule has 1 amide bonds. The highest BCUT2D eigenvalue weighted by Crippen LogP contribution is 2.51. The molecule has 1 atom stereocenters. The summed E-state index contributed by atoms with van der Waals surface area (Å²) >= 11 is 6.09. The number of fused-ring (bicyclic) bond motifs is 2. The van der Waals surface area contributed by atoms with E-state index in [1.807, 2.05) is 42.7 Å². The number of allylic oxidation sites excluding steroid dienone is 6. The number of nitrogens with one attached hydrogen (secondary N) is 3. The standard InChI is InChI=1S/C49H67ClN8O9S2.O3S/c1-5-6-32-58-39-21-15-14-20-37(39)49(4,28-16-8-12-24-43(59)51-30-18-31-53-47-55-45(50)54-46(56-47)52-29-17-9-13-25-44(60)61)42(58)23-11-7-10-22-41-48(2,3)38-35-36(69(65,66)67)26-27-40(38)57(41)33-19-34-68(62,63)64;1-4(2)3/h7,10-11,14-15,20-23,26-27,35H,5-6,8-9,12-13,16-19,24-25,28-34H2,1-4H3,(H5-,51,52,53,54,55,56,59,60,61,62,63,64,65,66,67);/p+1. The molecular weight excluding hydrogens is 1020 g/mol. The molecule has 73 heavy (non-hydrogen) atoms. The van der Waals surface area contributed by atoms with Gasteiger partial charge in [0.1, 0.15) is 6.54 Å². The summed E-state index contributed by atoms with van der Waals surface area (Å²) in [5.74, 6) is -0.567. The summed E-state index contributed by atoms with van der Waals surface area (Å²) in [6.45, 7) is 11.1. The lowest BCUT2D eigenvalue weighted by Gasteiger charge is -2.30. The molecule has 1 aromatic heterocycles. The second-order valence-corrected chi connectivity index (χ2v) is 22.1. The van der Waals surface area contributed by atoms with Gasteiger partial charge in [-0.1, -0.05) is 69.0 Å². The van der Waals surface area contributed by atoms with Gasteiger partial charge in [-0.05, 0) is 101 Å². The van der Waals surface area contributed by atoms with Crippen molar-refractivity contribution in [3.05, 3.63) is 95.0 Å². The topological polar surface area (TPSA) is 295 Å². The number of carbonyl (C=O) groups is 2. The van der Waals surface area contributed by atoms with Gasteiger partial charge in [0, 0.05) is 79.9 Å². The summed E-state index contributed by atoms with van der Waals surface area (Å²) in [6, 6.07) is 12.9. The highest BCUT2D eigenvalue weighted by molar-refractivity contribution is 7.86. The van der Waals surface area contributed by atoms with Crippen molar-refractivity contribution >= 4 is 83.3 Å². The Morgan fingerprint density at radius 1 is 0.795 bits per heavy atom. The Labute approximate surface area is 435 Å². The number of nitrogens with zero attached hydrogens (tertiary/aromatic N) is 5. The molecule has 5 rings (SSSR count). The molecule has 0 aliphatic carbocycles. The molecule has 0 saturated carbocycles. The molecule has 2 aliphatic heterocycles. The van der Waals surface area contributed by atoms with E-state index in [2.05, 4.69) is 80.0 Å². The van der Waals surface area contributed by atoms with Crippen LogP contribution in [-0.4, -0.2) is 119 Å². The Bertz CT molecular complexity index is 2870. The van der Waals surface area contributed by atoms with Crippen LogP contribution in [0.2, 0.25) is 5.28 Å². The van der Waals surface area contributed by atoms with Gasteiger partial charge >= 0.3 is 16.6 Å². The first-order valence-electron chi connectivity index (χ1n) is 24.3. The lowest BCUT2D eigenvalue weighted by atomic mass is 9.77. The highest BCUT2D eigenvalue weighted by Gasteiger charge is 2.45. The summed E-state index contributed by atoms with van der Waals surface area (Å²) < 4.78 is 93.8. The van der Waals surface area contributed by atoms with E-state index in [1.54, 1.807) is 6.07 Å². The van der Waals surface area contributed by atoms with E-state index in [0.717, 1.165) is 63.6 Å². The van der Waals surface area contributed by atoms with E-state index in [9.17, 15) is 35.5 Å². The molecule has 6 N–H and O–H groups in total. The van der Waals surface area contributed by atoms with Gasteiger partial charge in [0.05, 0.1) is 16.1 Å². The number of amides is 1. The van der Waals surface area contributed by atoms with Crippen molar-refractivity contribution in [1.29, 1.82) is 0 Å². The molecule has 0 bridgehead atoms. The number of anilines is 3. The lowest BCUT2D eigenvalue weighted by molar-refractivity contribution is -0.437. The van der Waals surface area contributed by atoms with Crippen LogP contribution in [0.15, 0.2) is 83.4 Å². The number of hydrogen-bond acceptors (Lipinski definition) is 15. The Morgan fingerprint density at radius 3 is 2.11 bits per heavy atom.